The molecule has 0 saturated carbocycles. The fraction of sp³-hybridized carbons (Fsp3) is 0.273. The molecule has 1 heterocycles. The molecule has 2 aromatic carbocycles. The van der Waals surface area contributed by atoms with Crippen molar-refractivity contribution in [2.24, 2.45) is 0 Å². The Hall–Kier alpha value is -3.36. The number of aromatic amines is 1. The number of hydrogen-bond acceptors (Lipinski definition) is 6. The first kappa shape index (κ1) is 21.4. The van der Waals surface area contributed by atoms with Gasteiger partial charge in [0.2, 0.25) is 0 Å². The molecule has 3 aromatic rings. The number of carbonyl (C=O) groups is 1. The summed E-state index contributed by atoms with van der Waals surface area (Å²) in [5.41, 5.74) is 3.34. The number of rotatable bonds is 9. The van der Waals surface area contributed by atoms with E-state index in [1.165, 1.54) is 5.06 Å². The first-order valence-corrected chi connectivity index (χ1v) is 9.53. The quantitative estimate of drug-likeness (QED) is 0.542. The van der Waals surface area contributed by atoms with Crippen molar-refractivity contribution in [1.29, 1.82) is 0 Å². The SMILES string of the molecule is COc1cccc(COC(=O)N(OCCN(C)C)c2ccc(-c3cn[nH]c3)cc2)c1. The average Bonchev–Trinajstić information content (AvgIpc) is 3.30. The van der Waals surface area contributed by atoms with Crippen LogP contribution in [0.3, 0.4) is 0 Å². The summed E-state index contributed by atoms with van der Waals surface area (Å²) in [6, 6.07) is 14.8. The van der Waals surface area contributed by atoms with Crippen molar-refractivity contribution < 1.29 is 19.1 Å². The Bertz CT molecular complexity index is 927. The molecule has 8 heteroatoms. The molecule has 158 valence electrons. The molecule has 3 rings (SSSR count). The number of hydroxylamine groups is 1. The monoisotopic (exact) mass is 410 g/mol. The van der Waals surface area contributed by atoms with Crippen LogP contribution in [0.15, 0.2) is 60.9 Å². The van der Waals surface area contributed by atoms with Gasteiger partial charge in [0.1, 0.15) is 12.4 Å². The Kier molecular flexibility index (Phi) is 7.42. The van der Waals surface area contributed by atoms with E-state index in [0.29, 0.717) is 24.6 Å². The van der Waals surface area contributed by atoms with E-state index in [4.69, 9.17) is 14.3 Å². The molecule has 0 saturated heterocycles. The number of nitrogens with one attached hydrogen (secondary N) is 1. The van der Waals surface area contributed by atoms with Gasteiger partial charge >= 0.3 is 6.09 Å². The normalized spacial score (nSPS) is 10.8. The Morgan fingerprint density at radius 2 is 1.90 bits per heavy atom. The zero-order valence-electron chi connectivity index (χ0n) is 17.4. The van der Waals surface area contributed by atoms with Gasteiger partial charge in [0.25, 0.3) is 0 Å². The topological polar surface area (TPSA) is 79.9 Å². The maximum atomic E-state index is 12.8. The van der Waals surface area contributed by atoms with Gasteiger partial charge in [-0.15, -0.1) is 0 Å². The van der Waals surface area contributed by atoms with Crippen molar-refractivity contribution in [2.75, 3.05) is 39.4 Å². The fourth-order valence-corrected chi connectivity index (χ4v) is 2.71. The van der Waals surface area contributed by atoms with E-state index in [-0.39, 0.29) is 6.61 Å². The molecular weight excluding hydrogens is 384 g/mol. The largest absolute Gasteiger partial charge is 0.497 e. The van der Waals surface area contributed by atoms with Gasteiger partial charge in [-0.05, 0) is 49.5 Å². The number of methoxy groups -OCH3 is 1. The van der Waals surface area contributed by atoms with E-state index in [1.54, 1.807) is 13.3 Å². The lowest BCUT2D eigenvalue weighted by molar-refractivity contribution is 0.0651. The van der Waals surface area contributed by atoms with E-state index < -0.39 is 6.09 Å². The van der Waals surface area contributed by atoms with Gasteiger partial charge in [0.05, 0.1) is 25.6 Å². The van der Waals surface area contributed by atoms with E-state index in [0.717, 1.165) is 16.7 Å². The highest BCUT2D eigenvalue weighted by atomic mass is 16.7. The second kappa shape index (κ2) is 10.4. The first-order valence-electron chi connectivity index (χ1n) is 9.53. The van der Waals surface area contributed by atoms with E-state index in [2.05, 4.69) is 10.2 Å². The van der Waals surface area contributed by atoms with Crippen LogP contribution >= 0.6 is 0 Å². The van der Waals surface area contributed by atoms with Crippen molar-refractivity contribution in [3.63, 3.8) is 0 Å². The minimum Gasteiger partial charge on any atom is -0.497 e. The number of nitrogens with zero attached hydrogens (tertiary/aromatic N) is 3. The van der Waals surface area contributed by atoms with Crippen LogP contribution in [0, 0.1) is 0 Å². The lowest BCUT2D eigenvalue weighted by Crippen LogP contribution is -2.34. The molecule has 30 heavy (non-hydrogen) atoms. The van der Waals surface area contributed by atoms with Crippen LogP contribution in [0.2, 0.25) is 0 Å². The number of H-pyrrole nitrogens is 1. The van der Waals surface area contributed by atoms with E-state index in [1.807, 2.05) is 73.7 Å². The Balaban J connectivity index is 1.71. The smallest absolute Gasteiger partial charge is 0.439 e. The van der Waals surface area contributed by atoms with Gasteiger partial charge in [-0.3, -0.25) is 9.94 Å². The van der Waals surface area contributed by atoms with Crippen molar-refractivity contribution in [3.8, 4) is 16.9 Å². The molecule has 8 nitrogen and oxygen atoms in total. The summed E-state index contributed by atoms with van der Waals surface area (Å²) in [7, 11) is 5.47. The molecular formula is C22H26N4O4. The maximum Gasteiger partial charge on any atom is 0.439 e. The standard InChI is InChI=1S/C22H26N4O4/c1-25(2)11-12-30-26(20-9-7-18(8-10-20)19-14-23-24-15-19)22(27)29-16-17-5-4-6-21(13-17)28-3/h4-10,13-15H,11-12,16H2,1-3H3,(H,23,24). The van der Waals surface area contributed by atoms with Crippen LogP contribution in [-0.4, -0.2) is 55.5 Å². The van der Waals surface area contributed by atoms with Crippen molar-refractivity contribution in [2.45, 2.75) is 6.61 Å². The summed E-state index contributed by atoms with van der Waals surface area (Å²) in [4.78, 5) is 20.5. The molecule has 0 aliphatic rings. The van der Waals surface area contributed by atoms with E-state index >= 15 is 0 Å². The lowest BCUT2D eigenvalue weighted by Gasteiger charge is -2.22. The summed E-state index contributed by atoms with van der Waals surface area (Å²) in [6.07, 6.45) is 2.96. The first-order chi connectivity index (χ1) is 14.6. The zero-order chi connectivity index (χ0) is 21.3. The van der Waals surface area contributed by atoms with Gasteiger partial charge < -0.3 is 14.4 Å². The number of anilines is 1. The minimum atomic E-state index is -0.590. The lowest BCUT2D eigenvalue weighted by atomic mass is 10.1. The van der Waals surface area contributed by atoms with Gasteiger partial charge in [0.15, 0.2) is 0 Å². The Labute approximate surface area is 175 Å². The van der Waals surface area contributed by atoms with Crippen LogP contribution in [-0.2, 0) is 16.2 Å². The molecule has 0 unspecified atom stereocenters. The molecule has 1 aromatic heterocycles. The minimum absolute atomic E-state index is 0.108. The van der Waals surface area contributed by atoms with Crippen LogP contribution in [0.1, 0.15) is 5.56 Å². The number of ether oxygens (including phenoxy) is 2. The van der Waals surface area contributed by atoms with Crippen LogP contribution in [0.25, 0.3) is 11.1 Å². The molecule has 0 aliphatic carbocycles. The van der Waals surface area contributed by atoms with Crippen molar-refractivity contribution in [3.05, 3.63) is 66.5 Å². The van der Waals surface area contributed by atoms with Crippen molar-refractivity contribution in [1.82, 2.24) is 15.1 Å². The summed E-state index contributed by atoms with van der Waals surface area (Å²) < 4.78 is 10.7. The Morgan fingerprint density at radius 1 is 1.10 bits per heavy atom. The van der Waals surface area contributed by atoms with Crippen molar-refractivity contribution >= 4 is 11.8 Å². The summed E-state index contributed by atoms with van der Waals surface area (Å²) in [5.74, 6) is 0.706. The molecule has 0 aliphatic heterocycles. The summed E-state index contributed by atoms with van der Waals surface area (Å²) >= 11 is 0. The highest BCUT2D eigenvalue weighted by Crippen LogP contribution is 2.23. The maximum absolute atomic E-state index is 12.8. The second-order valence-corrected chi connectivity index (χ2v) is 6.87. The van der Waals surface area contributed by atoms with Gasteiger partial charge in [-0.1, -0.05) is 24.3 Å². The highest BCUT2D eigenvalue weighted by Gasteiger charge is 2.19. The summed E-state index contributed by atoms with van der Waals surface area (Å²) in [6.45, 7) is 1.11. The third kappa shape index (κ3) is 5.82. The van der Waals surface area contributed by atoms with Gasteiger partial charge in [0, 0.05) is 18.3 Å². The number of carbonyl (C=O) groups excluding carboxylic acids is 1. The number of aromatic nitrogens is 2. The predicted octanol–water partition coefficient (Wildman–Crippen LogP) is 3.72. The average molecular weight is 410 g/mol. The number of likely N-dealkylation sites (N-methyl/N-ethyl adjacent to an activating group) is 1. The van der Waals surface area contributed by atoms with Crippen LogP contribution in [0.4, 0.5) is 10.5 Å². The second-order valence-electron chi connectivity index (χ2n) is 6.87. The molecule has 1 N–H and O–H groups in total. The Morgan fingerprint density at radius 3 is 2.57 bits per heavy atom. The van der Waals surface area contributed by atoms with E-state index in [9.17, 15) is 4.79 Å². The molecule has 0 bridgehead atoms. The molecule has 1 amide bonds. The number of hydrogen-bond donors (Lipinski definition) is 1. The zero-order valence-corrected chi connectivity index (χ0v) is 17.4. The molecule has 0 spiro atoms. The third-order valence-corrected chi connectivity index (χ3v) is 4.35. The molecule has 0 fully saturated rings. The number of benzene rings is 2. The summed E-state index contributed by atoms with van der Waals surface area (Å²) in [5, 5.41) is 7.93. The van der Waals surface area contributed by atoms with Crippen LogP contribution < -0.4 is 9.80 Å². The van der Waals surface area contributed by atoms with Crippen LogP contribution in [0.5, 0.6) is 5.75 Å². The predicted molar refractivity (Wildman–Crippen MR) is 114 cm³/mol. The van der Waals surface area contributed by atoms with Gasteiger partial charge in [-0.2, -0.15) is 10.2 Å². The highest BCUT2D eigenvalue weighted by molar-refractivity contribution is 5.85. The molecule has 0 radical (unpaired) electrons. The third-order valence-electron chi connectivity index (χ3n) is 4.35. The fourth-order valence-electron chi connectivity index (χ4n) is 2.71. The number of amides is 1. The molecule has 0 atom stereocenters. The van der Waals surface area contributed by atoms with Gasteiger partial charge in [-0.25, -0.2) is 4.79 Å².